The minimum absolute atomic E-state index is 0.594. The van der Waals surface area contributed by atoms with E-state index in [1.54, 1.807) is 6.20 Å². The van der Waals surface area contributed by atoms with Crippen LogP contribution in [0, 0.1) is 0 Å². The van der Waals surface area contributed by atoms with Crippen LogP contribution >= 0.6 is 0 Å². The summed E-state index contributed by atoms with van der Waals surface area (Å²) in [7, 11) is 0. The topological polar surface area (TPSA) is 40.7 Å². The third-order valence-electron chi connectivity index (χ3n) is 2.50. The van der Waals surface area contributed by atoms with Crippen molar-refractivity contribution < 1.29 is 0 Å². The van der Waals surface area contributed by atoms with E-state index in [0.29, 0.717) is 6.04 Å². The summed E-state index contributed by atoms with van der Waals surface area (Å²) in [5.74, 6) is 0. The largest absolute Gasteiger partial charge is 0.308 e. The number of hydrogen-bond donors (Lipinski definition) is 2. The molecular weight excluding hydrogens is 186 g/mol. The average molecular weight is 207 g/mol. The first-order valence-corrected chi connectivity index (χ1v) is 5.69. The van der Waals surface area contributed by atoms with Gasteiger partial charge in [0.05, 0.1) is 0 Å². The van der Waals surface area contributed by atoms with Crippen molar-refractivity contribution >= 4 is 0 Å². The van der Waals surface area contributed by atoms with E-state index in [0.717, 1.165) is 18.7 Å². The van der Waals surface area contributed by atoms with Gasteiger partial charge in [-0.1, -0.05) is 19.4 Å². The Morgan fingerprint density at radius 1 is 1.60 bits per heavy atom. The molecule has 1 aromatic heterocycles. The molecule has 1 atom stereocenters. The fourth-order valence-corrected chi connectivity index (χ4v) is 1.65. The average Bonchev–Trinajstić information content (AvgIpc) is 2.75. The van der Waals surface area contributed by atoms with Gasteiger partial charge < -0.3 is 5.32 Å². The molecular formula is C12H21N3. The number of aromatic amines is 1. The predicted octanol–water partition coefficient (Wildman–Crippen LogP) is 2.63. The quantitative estimate of drug-likeness (QED) is 0.643. The predicted molar refractivity (Wildman–Crippen MR) is 63.6 cm³/mol. The second-order valence-electron chi connectivity index (χ2n) is 3.81. The Bertz CT molecular complexity index is 254. The highest BCUT2D eigenvalue weighted by Crippen LogP contribution is 2.06. The molecule has 15 heavy (non-hydrogen) atoms. The summed E-state index contributed by atoms with van der Waals surface area (Å²) in [4.78, 5) is 0. The molecule has 0 fully saturated rings. The third kappa shape index (κ3) is 4.79. The lowest BCUT2D eigenvalue weighted by Gasteiger charge is -2.16. The van der Waals surface area contributed by atoms with Crippen LogP contribution < -0.4 is 5.32 Å². The third-order valence-corrected chi connectivity index (χ3v) is 2.50. The number of allylic oxidation sites excluding steroid dienone is 1. The number of rotatable bonds is 8. The van der Waals surface area contributed by atoms with Gasteiger partial charge in [0.2, 0.25) is 0 Å². The van der Waals surface area contributed by atoms with Gasteiger partial charge in [0.1, 0.15) is 0 Å². The van der Waals surface area contributed by atoms with E-state index in [9.17, 15) is 0 Å². The molecule has 0 saturated carbocycles. The van der Waals surface area contributed by atoms with Gasteiger partial charge >= 0.3 is 0 Å². The molecule has 0 bridgehead atoms. The van der Waals surface area contributed by atoms with Gasteiger partial charge in [0, 0.05) is 24.5 Å². The maximum absolute atomic E-state index is 3.93. The molecule has 1 unspecified atom stereocenters. The van der Waals surface area contributed by atoms with Gasteiger partial charge in [0.15, 0.2) is 0 Å². The maximum atomic E-state index is 3.93. The lowest BCUT2D eigenvalue weighted by atomic mass is 10.1. The van der Waals surface area contributed by atoms with Gasteiger partial charge in [0.25, 0.3) is 0 Å². The maximum Gasteiger partial charge on any atom is 0.0490 e. The molecule has 0 radical (unpaired) electrons. The highest BCUT2D eigenvalue weighted by molar-refractivity contribution is 4.97. The zero-order chi connectivity index (χ0) is 10.9. The number of nitrogens with one attached hydrogen (secondary N) is 2. The summed E-state index contributed by atoms with van der Waals surface area (Å²) in [5.41, 5.74) is 1.15. The summed E-state index contributed by atoms with van der Waals surface area (Å²) >= 11 is 0. The van der Waals surface area contributed by atoms with E-state index in [2.05, 4.69) is 29.0 Å². The summed E-state index contributed by atoms with van der Waals surface area (Å²) in [6, 6.07) is 2.60. The van der Waals surface area contributed by atoms with E-state index >= 15 is 0 Å². The molecule has 0 amide bonds. The second-order valence-corrected chi connectivity index (χ2v) is 3.81. The van der Waals surface area contributed by atoms with Crippen LogP contribution in [0.4, 0.5) is 0 Å². The Morgan fingerprint density at radius 2 is 2.47 bits per heavy atom. The van der Waals surface area contributed by atoms with Gasteiger partial charge in [-0.2, -0.15) is 5.10 Å². The highest BCUT2D eigenvalue weighted by atomic mass is 15.1. The van der Waals surface area contributed by atoms with Crippen molar-refractivity contribution in [1.29, 1.82) is 0 Å². The molecule has 0 aliphatic heterocycles. The summed E-state index contributed by atoms with van der Waals surface area (Å²) in [6.45, 7) is 6.86. The van der Waals surface area contributed by atoms with Crippen molar-refractivity contribution in [3.63, 3.8) is 0 Å². The molecule has 0 aliphatic rings. The van der Waals surface area contributed by atoms with Crippen LogP contribution in [0.1, 0.15) is 38.3 Å². The lowest BCUT2D eigenvalue weighted by molar-refractivity contribution is 0.447. The Labute approximate surface area is 92.0 Å². The molecule has 1 aromatic rings. The minimum atomic E-state index is 0.594. The molecule has 2 N–H and O–H groups in total. The van der Waals surface area contributed by atoms with Crippen molar-refractivity contribution in [3.8, 4) is 0 Å². The monoisotopic (exact) mass is 207 g/mol. The zero-order valence-electron chi connectivity index (χ0n) is 9.50. The Morgan fingerprint density at radius 3 is 3.07 bits per heavy atom. The lowest BCUT2D eigenvalue weighted by Crippen LogP contribution is -2.28. The van der Waals surface area contributed by atoms with Gasteiger partial charge in [-0.25, -0.2) is 0 Å². The van der Waals surface area contributed by atoms with Crippen molar-refractivity contribution in [2.45, 2.75) is 45.2 Å². The van der Waals surface area contributed by atoms with Crippen LogP contribution in [-0.4, -0.2) is 16.2 Å². The molecule has 84 valence electrons. The first kappa shape index (κ1) is 12.0. The van der Waals surface area contributed by atoms with E-state index in [-0.39, 0.29) is 0 Å². The molecule has 1 rings (SSSR count). The van der Waals surface area contributed by atoms with E-state index in [1.807, 2.05) is 12.1 Å². The Kier molecular flexibility index (Phi) is 5.78. The minimum Gasteiger partial charge on any atom is -0.308 e. The zero-order valence-corrected chi connectivity index (χ0v) is 9.50. The van der Waals surface area contributed by atoms with Crippen molar-refractivity contribution in [2.75, 3.05) is 0 Å². The van der Waals surface area contributed by atoms with Crippen molar-refractivity contribution in [3.05, 3.63) is 30.6 Å². The second kappa shape index (κ2) is 7.23. The number of aromatic nitrogens is 2. The fraction of sp³-hybridized carbons (Fsp3) is 0.583. The van der Waals surface area contributed by atoms with Crippen molar-refractivity contribution in [1.82, 2.24) is 15.5 Å². The van der Waals surface area contributed by atoms with Crippen LogP contribution in [0.15, 0.2) is 24.9 Å². The number of H-pyrrole nitrogens is 1. The molecule has 0 spiro atoms. The molecule has 0 aromatic carbocycles. The Hall–Kier alpha value is -1.09. The normalized spacial score (nSPS) is 12.6. The molecule has 1 heterocycles. The van der Waals surface area contributed by atoms with Gasteiger partial charge in [-0.3, -0.25) is 5.10 Å². The van der Waals surface area contributed by atoms with Crippen molar-refractivity contribution in [2.24, 2.45) is 0 Å². The highest BCUT2D eigenvalue weighted by Gasteiger charge is 2.05. The van der Waals surface area contributed by atoms with E-state index in [4.69, 9.17) is 0 Å². The van der Waals surface area contributed by atoms with E-state index < -0.39 is 0 Å². The number of hydrogen-bond acceptors (Lipinski definition) is 2. The molecule has 3 heteroatoms. The van der Waals surface area contributed by atoms with Gasteiger partial charge in [-0.15, -0.1) is 6.58 Å². The van der Waals surface area contributed by atoms with Crippen LogP contribution in [0.25, 0.3) is 0 Å². The number of nitrogens with zero attached hydrogens (tertiary/aromatic N) is 1. The van der Waals surface area contributed by atoms with Gasteiger partial charge in [-0.05, 0) is 25.3 Å². The first-order valence-electron chi connectivity index (χ1n) is 5.69. The Balaban J connectivity index is 2.27. The molecule has 3 nitrogen and oxygen atoms in total. The van der Waals surface area contributed by atoms with E-state index in [1.165, 1.54) is 19.3 Å². The summed E-state index contributed by atoms with van der Waals surface area (Å²) < 4.78 is 0. The smallest absolute Gasteiger partial charge is 0.0490 e. The fourth-order valence-electron chi connectivity index (χ4n) is 1.65. The first-order chi connectivity index (χ1) is 7.36. The van der Waals surface area contributed by atoms with Crippen LogP contribution in [0.5, 0.6) is 0 Å². The summed E-state index contributed by atoms with van der Waals surface area (Å²) in [6.07, 6.45) is 8.47. The SMILES string of the molecule is C=CCCC(CCC)NCc1ccn[nH]1. The summed E-state index contributed by atoms with van der Waals surface area (Å²) in [5, 5.41) is 10.4. The van der Waals surface area contributed by atoms with Crippen LogP contribution in [0.2, 0.25) is 0 Å². The van der Waals surface area contributed by atoms with Crippen LogP contribution in [-0.2, 0) is 6.54 Å². The standard InChI is InChI=1S/C12H21N3/c1-3-5-7-11(6-4-2)13-10-12-8-9-14-15-12/h3,8-9,11,13H,1,4-7,10H2,2H3,(H,14,15). The molecule has 0 aliphatic carbocycles. The van der Waals surface area contributed by atoms with Crippen LogP contribution in [0.3, 0.4) is 0 Å². The molecule has 0 saturated heterocycles.